The molecular formula is C18H18N4O. The monoisotopic (exact) mass is 306 g/mol. The molecule has 116 valence electrons. The second kappa shape index (κ2) is 5.53. The number of rotatable bonds is 3. The Kier molecular flexibility index (Phi) is 3.37. The highest BCUT2D eigenvalue weighted by atomic mass is 16.3. The molecule has 1 unspecified atom stereocenters. The molecule has 5 heteroatoms. The highest BCUT2D eigenvalue weighted by Gasteiger charge is 2.26. The van der Waals surface area contributed by atoms with Crippen molar-refractivity contribution in [3.8, 4) is 0 Å². The van der Waals surface area contributed by atoms with Gasteiger partial charge < -0.3 is 15.3 Å². The number of aliphatic hydroxyl groups is 1. The summed E-state index contributed by atoms with van der Waals surface area (Å²) in [6, 6.07) is 16.0. The minimum absolute atomic E-state index is 0.0200. The van der Waals surface area contributed by atoms with E-state index in [0.717, 1.165) is 33.4 Å². The first-order valence-electron chi connectivity index (χ1n) is 7.61. The second-order valence-electron chi connectivity index (χ2n) is 5.72. The first-order valence-corrected chi connectivity index (χ1v) is 7.61. The van der Waals surface area contributed by atoms with Crippen LogP contribution in [0.15, 0.2) is 54.7 Å². The lowest BCUT2D eigenvalue weighted by Crippen LogP contribution is -2.42. The molecule has 3 aromatic rings. The predicted molar refractivity (Wildman–Crippen MR) is 91.9 cm³/mol. The van der Waals surface area contributed by atoms with E-state index in [4.69, 9.17) is 5.73 Å². The molecule has 4 N–H and O–H groups in total. The van der Waals surface area contributed by atoms with E-state index >= 15 is 0 Å². The normalized spacial score (nSPS) is 16.4. The number of hydrogen-bond donors (Lipinski definition) is 3. The molecule has 1 aromatic heterocycles. The zero-order valence-corrected chi connectivity index (χ0v) is 12.6. The molecule has 0 aliphatic carbocycles. The summed E-state index contributed by atoms with van der Waals surface area (Å²) in [5, 5.41) is 13.8. The Hall–Kier alpha value is -2.63. The average Bonchev–Trinajstić information content (AvgIpc) is 2.90. The van der Waals surface area contributed by atoms with Crippen LogP contribution in [-0.2, 0) is 13.2 Å². The summed E-state index contributed by atoms with van der Waals surface area (Å²) < 4.78 is 0. The number of hydrogen-bond acceptors (Lipinski definition) is 5. The maximum Gasteiger partial charge on any atom is 0.153 e. The number of fused-ring (bicyclic) bond motifs is 2. The molecular weight excluding hydrogens is 288 g/mol. The Morgan fingerprint density at radius 1 is 1.17 bits per heavy atom. The number of pyridine rings is 1. The van der Waals surface area contributed by atoms with E-state index in [9.17, 15) is 5.11 Å². The van der Waals surface area contributed by atoms with Gasteiger partial charge in [-0.25, -0.2) is 0 Å². The molecule has 5 nitrogen and oxygen atoms in total. The van der Waals surface area contributed by atoms with Crippen LogP contribution in [-0.4, -0.2) is 16.4 Å². The Morgan fingerprint density at radius 3 is 2.91 bits per heavy atom. The Bertz CT molecular complexity index is 859. The molecule has 2 heterocycles. The van der Waals surface area contributed by atoms with Crippen molar-refractivity contribution in [2.75, 3.05) is 10.2 Å². The molecule has 0 saturated heterocycles. The molecule has 1 aliphatic rings. The largest absolute Gasteiger partial charge is 0.392 e. The van der Waals surface area contributed by atoms with Crippen LogP contribution >= 0.6 is 0 Å². The van der Waals surface area contributed by atoms with Crippen LogP contribution in [0.1, 0.15) is 11.1 Å². The highest BCUT2D eigenvalue weighted by Crippen LogP contribution is 2.35. The van der Waals surface area contributed by atoms with Crippen LogP contribution in [0.3, 0.4) is 0 Å². The number of benzene rings is 2. The standard InChI is InChI=1S/C18H18N4O/c19-18-21-15-7-6-12(11-23)9-16(15)22(18)10-14-4-1-3-13-5-2-8-20-17(13)14/h1-9,18,21,23H,10-11,19H2. The quantitative estimate of drug-likeness (QED) is 0.693. The Balaban J connectivity index is 1.74. The molecule has 0 saturated carbocycles. The van der Waals surface area contributed by atoms with Crippen molar-refractivity contribution in [3.63, 3.8) is 0 Å². The predicted octanol–water partition coefficient (Wildman–Crippen LogP) is 2.40. The van der Waals surface area contributed by atoms with Gasteiger partial charge in [-0.15, -0.1) is 0 Å². The zero-order chi connectivity index (χ0) is 15.8. The molecule has 2 aromatic carbocycles. The van der Waals surface area contributed by atoms with Gasteiger partial charge in [-0.2, -0.15) is 0 Å². The van der Waals surface area contributed by atoms with Crippen molar-refractivity contribution < 1.29 is 5.11 Å². The van der Waals surface area contributed by atoms with Crippen molar-refractivity contribution in [1.29, 1.82) is 0 Å². The minimum atomic E-state index is -0.294. The fraction of sp³-hybridized carbons (Fsp3) is 0.167. The third kappa shape index (κ3) is 2.40. The molecule has 1 atom stereocenters. The van der Waals surface area contributed by atoms with Gasteiger partial charge in [0.2, 0.25) is 0 Å². The summed E-state index contributed by atoms with van der Waals surface area (Å²) in [4.78, 5) is 6.61. The number of nitrogens with two attached hydrogens (primary N) is 1. The molecule has 0 radical (unpaired) electrons. The van der Waals surface area contributed by atoms with Gasteiger partial charge >= 0.3 is 0 Å². The van der Waals surface area contributed by atoms with Crippen molar-refractivity contribution in [2.45, 2.75) is 19.4 Å². The topological polar surface area (TPSA) is 74.4 Å². The summed E-state index contributed by atoms with van der Waals surface area (Å²) in [5.74, 6) is 0. The third-order valence-electron chi connectivity index (χ3n) is 4.25. The number of nitrogens with one attached hydrogen (secondary N) is 1. The Labute approximate surface area is 134 Å². The van der Waals surface area contributed by atoms with E-state index < -0.39 is 0 Å². The van der Waals surface area contributed by atoms with Crippen LogP contribution in [0, 0.1) is 0 Å². The fourth-order valence-electron chi connectivity index (χ4n) is 3.08. The van der Waals surface area contributed by atoms with Gasteiger partial charge in [0.05, 0.1) is 23.5 Å². The maximum absolute atomic E-state index is 9.37. The summed E-state index contributed by atoms with van der Waals surface area (Å²) in [6.45, 7) is 0.677. The van der Waals surface area contributed by atoms with Crippen molar-refractivity contribution in [1.82, 2.24) is 4.98 Å². The van der Waals surface area contributed by atoms with E-state index in [1.807, 2.05) is 36.5 Å². The van der Waals surface area contributed by atoms with Crippen LogP contribution < -0.4 is 16.0 Å². The van der Waals surface area contributed by atoms with Gasteiger partial charge in [0.1, 0.15) is 0 Å². The van der Waals surface area contributed by atoms with Gasteiger partial charge in [0.25, 0.3) is 0 Å². The second-order valence-corrected chi connectivity index (χ2v) is 5.72. The number of aromatic nitrogens is 1. The number of aliphatic hydroxyl groups excluding tert-OH is 1. The SMILES string of the molecule is NC1Nc2ccc(CO)cc2N1Cc1cccc2cccnc12. The number of anilines is 2. The van der Waals surface area contributed by atoms with Crippen LogP contribution in [0.4, 0.5) is 11.4 Å². The fourth-order valence-corrected chi connectivity index (χ4v) is 3.08. The molecule has 4 rings (SSSR count). The summed E-state index contributed by atoms with van der Waals surface area (Å²) in [5.41, 5.74) is 11.2. The van der Waals surface area contributed by atoms with Crippen LogP contribution in [0.25, 0.3) is 10.9 Å². The first kappa shape index (κ1) is 14.0. The average molecular weight is 306 g/mol. The van der Waals surface area contributed by atoms with E-state index in [0.29, 0.717) is 6.54 Å². The van der Waals surface area contributed by atoms with Gasteiger partial charge in [-0.3, -0.25) is 10.7 Å². The smallest absolute Gasteiger partial charge is 0.153 e. The summed E-state index contributed by atoms with van der Waals surface area (Å²) in [6.07, 6.45) is 1.52. The maximum atomic E-state index is 9.37. The van der Waals surface area contributed by atoms with Crippen molar-refractivity contribution >= 4 is 22.3 Å². The highest BCUT2D eigenvalue weighted by molar-refractivity contribution is 5.83. The number of nitrogens with zero attached hydrogens (tertiary/aromatic N) is 2. The van der Waals surface area contributed by atoms with Gasteiger partial charge in [0, 0.05) is 18.1 Å². The Morgan fingerprint density at radius 2 is 2.04 bits per heavy atom. The lowest BCUT2D eigenvalue weighted by molar-refractivity contribution is 0.282. The lowest BCUT2D eigenvalue weighted by atomic mass is 10.1. The number of para-hydroxylation sites is 1. The molecule has 0 amide bonds. The van der Waals surface area contributed by atoms with E-state index in [-0.39, 0.29) is 12.9 Å². The summed E-state index contributed by atoms with van der Waals surface area (Å²) in [7, 11) is 0. The summed E-state index contributed by atoms with van der Waals surface area (Å²) >= 11 is 0. The van der Waals surface area contributed by atoms with E-state index in [1.165, 1.54) is 0 Å². The van der Waals surface area contributed by atoms with Gasteiger partial charge in [-0.1, -0.05) is 30.3 Å². The molecule has 0 spiro atoms. The lowest BCUT2D eigenvalue weighted by Gasteiger charge is -2.24. The molecule has 1 aliphatic heterocycles. The molecule has 23 heavy (non-hydrogen) atoms. The van der Waals surface area contributed by atoms with Crippen molar-refractivity contribution in [3.05, 3.63) is 65.9 Å². The van der Waals surface area contributed by atoms with Gasteiger partial charge in [-0.05, 0) is 29.3 Å². The molecule has 0 fully saturated rings. The van der Waals surface area contributed by atoms with Crippen LogP contribution in [0.5, 0.6) is 0 Å². The van der Waals surface area contributed by atoms with Gasteiger partial charge in [0.15, 0.2) is 6.29 Å². The molecule has 0 bridgehead atoms. The zero-order valence-electron chi connectivity index (χ0n) is 12.6. The van der Waals surface area contributed by atoms with E-state index in [2.05, 4.69) is 33.4 Å². The third-order valence-corrected chi connectivity index (χ3v) is 4.25. The van der Waals surface area contributed by atoms with Crippen molar-refractivity contribution in [2.24, 2.45) is 5.73 Å². The van der Waals surface area contributed by atoms with Crippen LogP contribution in [0.2, 0.25) is 0 Å². The van der Waals surface area contributed by atoms with E-state index in [1.54, 1.807) is 0 Å². The first-order chi connectivity index (χ1) is 11.3. The minimum Gasteiger partial charge on any atom is -0.392 e.